The zero-order valence-electron chi connectivity index (χ0n) is 18.1. The van der Waals surface area contributed by atoms with Crippen molar-refractivity contribution in [3.63, 3.8) is 0 Å². The smallest absolute Gasteiger partial charge is 0.297 e. The normalized spacial score (nSPS) is 12.5. The number of anilines is 1. The maximum Gasteiger partial charge on any atom is 0.297 e. The quantitative estimate of drug-likeness (QED) is 0.359. The summed E-state index contributed by atoms with van der Waals surface area (Å²) in [5.41, 5.74) is 8.49. The molecule has 0 saturated heterocycles. The van der Waals surface area contributed by atoms with E-state index in [1.165, 1.54) is 29.5 Å². The van der Waals surface area contributed by atoms with Crippen LogP contribution in [0.5, 0.6) is 0 Å². The molecular formula is C22H17F4N9. The van der Waals surface area contributed by atoms with Crippen LogP contribution < -0.4 is 5.73 Å². The van der Waals surface area contributed by atoms with Crippen LogP contribution in [0.2, 0.25) is 0 Å². The lowest BCUT2D eigenvalue weighted by Crippen LogP contribution is -2.10. The molecule has 0 fully saturated rings. The van der Waals surface area contributed by atoms with Gasteiger partial charge in [-0.25, -0.2) is 42.2 Å². The first-order valence-corrected chi connectivity index (χ1v) is 10.5. The second kappa shape index (κ2) is 8.74. The maximum absolute atomic E-state index is 13.7. The Kier molecular flexibility index (Phi) is 5.59. The largest absolute Gasteiger partial charge is 0.383 e. The predicted octanol–water partition coefficient (Wildman–Crippen LogP) is 4.27. The third-order valence-corrected chi connectivity index (χ3v) is 5.56. The molecule has 0 saturated carbocycles. The summed E-state index contributed by atoms with van der Waals surface area (Å²) in [5, 5.41) is 8.79. The molecule has 13 heteroatoms. The first-order chi connectivity index (χ1) is 16.9. The van der Waals surface area contributed by atoms with E-state index < -0.39 is 23.9 Å². The molecule has 5 rings (SSSR count). The van der Waals surface area contributed by atoms with Crippen LogP contribution in [0, 0.1) is 11.6 Å². The number of hydrogen-bond donors (Lipinski definition) is 1. The number of nitrogens with two attached hydrogens (primary N) is 1. The molecule has 0 aliphatic heterocycles. The molecule has 0 radical (unpaired) electrons. The van der Waals surface area contributed by atoms with Crippen molar-refractivity contribution in [3.8, 4) is 16.8 Å². The minimum absolute atomic E-state index is 0.196. The predicted molar refractivity (Wildman–Crippen MR) is 118 cm³/mol. The van der Waals surface area contributed by atoms with Crippen LogP contribution in [-0.4, -0.2) is 39.5 Å². The van der Waals surface area contributed by atoms with Crippen molar-refractivity contribution in [2.45, 2.75) is 25.8 Å². The van der Waals surface area contributed by atoms with Gasteiger partial charge in [0.15, 0.2) is 17.5 Å². The summed E-state index contributed by atoms with van der Waals surface area (Å²) < 4.78 is 56.0. The number of aromatic nitrogens is 8. The average Bonchev–Trinajstić information content (AvgIpc) is 3.48. The van der Waals surface area contributed by atoms with Crippen LogP contribution in [0.25, 0.3) is 27.8 Å². The number of fused-ring (bicyclic) bond motifs is 1. The van der Waals surface area contributed by atoms with Crippen LogP contribution in [0.1, 0.15) is 37.3 Å². The molecule has 178 valence electrons. The van der Waals surface area contributed by atoms with E-state index in [-0.39, 0.29) is 11.9 Å². The van der Waals surface area contributed by atoms with Crippen LogP contribution in [0.4, 0.5) is 23.4 Å². The minimum Gasteiger partial charge on any atom is -0.383 e. The SMILES string of the molecule is CCC(c1cn(-c2ccc(F)c(F)c2)nn1)n1cc(-c2cnc(C(F)F)nc2)c2c(N)ncnc21. The molecule has 1 unspecified atom stereocenters. The average molecular weight is 483 g/mol. The van der Waals surface area contributed by atoms with Crippen molar-refractivity contribution in [2.24, 2.45) is 0 Å². The Morgan fingerprint density at radius 2 is 1.77 bits per heavy atom. The molecule has 0 aliphatic rings. The monoisotopic (exact) mass is 483 g/mol. The molecule has 4 aromatic heterocycles. The van der Waals surface area contributed by atoms with E-state index in [0.717, 1.165) is 12.1 Å². The highest BCUT2D eigenvalue weighted by Gasteiger charge is 2.23. The van der Waals surface area contributed by atoms with Crippen LogP contribution in [0.15, 0.2) is 49.3 Å². The highest BCUT2D eigenvalue weighted by molar-refractivity contribution is 6.00. The number of halogens is 4. The van der Waals surface area contributed by atoms with Gasteiger partial charge in [-0.2, -0.15) is 0 Å². The molecule has 2 N–H and O–H groups in total. The Morgan fingerprint density at radius 1 is 1.00 bits per heavy atom. The number of benzene rings is 1. The third-order valence-electron chi connectivity index (χ3n) is 5.56. The molecule has 0 bridgehead atoms. The van der Waals surface area contributed by atoms with E-state index in [2.05, 4.69) is 30.2 Å². The lowest BCUT2D eigenvalue weighted by atomic mass is 10.1. The molecule has 9 nitrogen and oxygen atoms in total. The maximum atomic E-state index is 13.7. The third kappa shape index (κ3) is 3.94. The van der Waals surface area contributed by atoms with Gasteiger partial charge in [0.2, 0.25) is 0 Å². The topological polar surface area (TPSA) is 113 Å². The molecule has 1 atom stereocenters. The molecule has 0 spiro atoms. The number of hydrogen-bond acceptors (Lipinski definition) is 7. The second-order valence-electron chi connectivity index (χ2n) is 7.65. The lowest BCUT2D eigenvalue weighted by molar-refractivity contribution is 0.140. The lowest BCUT2D eigenvalue weighted by Gasteiger charge is -2.15. The fourth-order valence-corrected chi connectivity index (χ4v) is 3.89. The van der Waals surface area contributed by atoms with Crippen molar-refractivity contribution in [1.82, 2.24) is 39.5 Å². The Balaban J connectivity index is 1.60. The first-order valence-electron chi connectivity index (χ1n) is 10.5. The molecule has 4 heterocycles. The number of alkyl halides is 2. The van der Waals surface area contributed by atoms with E-state index in [4.69, 9.17) is 5.73 Å². The summed E-state index contributed by atoms with van der Waals surface area (Å²) in [6.45, 7) is 1.93. The van der Waals surface area contributed by atoms with Crippen molar-refractivity contribution in [3.05, 3.63) is 72.5 Å². The van der Waals surface area contributed by atoms with Gasteiger partial charge in [-0.15, -0.1) is 5.10 Å². The number of rotatable bonds is 6. The summed E-state index contributed by atoms with van der Waals surface area (Å²) in [5.74, 6) is -2.35. The van der Waals surface area contributed by atoms with Crippen LogP contribution in [-0.2, 0) is 0 Å². The summed E-state index contributed by atoms with van der Waals surface area (Å²) >= 11 is 0. The first kappa shape index (κ1) is 22.4. The van der Waals surface area contributed by atoms with E-state index in [0.29, 0.717) is 40.0 Å². The van der Waals surface area contributed by atoms with E-state index in [9.17, 15) is 17.6 Å². The summed E-state index contributed by atoms with van der Waals surface area (Å²) in [6, 6.07) is 3.05. The molecule has 0 aliphatic carbocycles. The Morgan fingerprint density at radius 3 is 2.46 bits per heavy atom. The Bertz CT molecular complexity index is 1510. The zero-order valence-corrected chi connectivity index (χ0v) is 18.1. The van der Waals surface area contributed by atoms with Crippen molar-refractivity contribution < 1.29 is 17.6 Å². The summed E-state index contributed by atoms with van der Waals surface area (Å²) in [4.78, 5) is 15.9. The summed E-state index contributed by atoms with van der Waals surface area (Å²) in [6.07, 6.45) is 5.03. The Hall–Kier alpha value is -4.42. The van der Waals surface area contributed by atoms with Gasteiger partial charge in [-0.05, 0) is 18.6 Å². The fraction of sp³-hybridized carbons (Fsp3) is 0.182. The minimum atomic E-state index is -2.79. The van der Waals surface area contributed by atoms with Gasteiger partial charge in [0.1, 0.15) is 23.5 Å². The molecule has 35 heavy (non-hydrogen) atoms. The van der Waals surface area contributed by atoms with Crippen LogP contribution in [0.3, 0.4) is 0 Å². The van der Waals surface area contributed by atoms with Crippen LogP contribution >= 0.6 is 0 Å². The number of nitrogens with zero attached hydrogens (tertiary/aromatic N) is 8. The van der Waals surface area contributed by atoms with E-state index in [1.54, 1.807) is 12.4 Å². The van der Waals surface area contributed by atoms with E-state index in [1.807, 2.05) is 11.5 Å². The van der Waals surface area contributed by atoms with Crippen molar-refractivity contribution in [2.75, 3.05) is 5.73 Å². The Labute approximate surface area is 195 Å². The fourth-order valence-electron chi connectivity index (χ4n) is 3.89. The highest BCUT2D eigenvalue weighted by atomic mass is 19.3. The van der Waals surface area contributed by atoms with Gasteiger partial charge >= 0.3 is 0 Å². The molecule has 0 amide bonds. The zero-order chi connectivity index (χ0) is 24.7. The van der Waals surface area contributed by atoms with Gasteiger partial charge < -0.3 is 10.3 Å². The number of nitrogen functional groups attached to an aromatic ring is 1. The van der Waals surface area contributed by atoms with Gasteiger partial charge in [-0.1, -0.05) is 12.1 Å². The van der Waals surface area contributed by atoms with Crippen molar-refractivity contribution >= 4 is 16.9 Å². The highest BCUT2D eigenvalue weighted by Crippen LogP contribution is 2.36. The van der Waals surface area contributed by atoms with E-state index >= 15 is 0 Å². The van der Waals surface area contributed by atoms with Gasteiger partial charge in [0.25, 0.3) is 6.43 Å². The second-order valence-corrected chi connectivity index (χ2v) is 7.65. The van der Waals surface area contributed by atoms with Crippen molar-refractivity contribution in [1.29, 1.82) is 0 Å². The van der Waals surface area contributed by atoms with Gasteiger partial charge in [-0.3, -0.25) is 0 Å². The molecule has 5 aromatic rings. The van der Waals surface area contributed by atoms with Gasteiger partial charge in [0.05, 0.1) is 23.3 Å². The standard InChI is InChI=1S/C22H17F4N9/c1-2-17(16-9-35(33-32-16)12-3-4-14(23)15(24)5-12)34-8-13(18-20(27)30-10-31-22(18)34)11-6-28-21(19(25)26)29-7-11/h3-10,17,19H,2H2,1H3,(H2,27,30,31). The molecular weight excluding hydrogens is 466 g/mol. The molecule has 1 aromatic carbocycles. The van der Waals surface area contributed by atoms with Gasteiger partial charge in [0, 0.05) is 35.8 Å². The summed E-state index contributed by atoms with van der Waals surface area (Å²) in [7, 11) is 0.